The molecule has 144 valence electrons. The predicted octanol–water partition coefficient (Wildman–Crippen LogP) is 3.41. The summed E-state index contributed by atoms with van der Waals surface area (Å²) in [6.45, 7) is 7.19. The van der Waals surface area contributed by atoms with Gasteiger partial charge in [0, 0.05) is 25.4 Å². The Morgan fingerprint density at radius 3 is 2.81 bits per heavy atom. The molecule has 1 aromatic rings. The van der Waals surface area contributed by atoms with Crippen LogP contribution in [0.2, 0.25) is 0 Å². The second kappa shape index (κ2) is 9.35. The van der Waals surface area contributed by atoms with Crippen LogP contribution in [0, 0.1) is 0 Å². The summed E-state index contributed by atoms with van der Waals surface area (Å²) in [4.78, 5) is 14.3. The van der Waals surface area contributed by atoms with Gasteiger partial charge in [0.05, 0.1) is 31.5 Å². The summed E-state index contributed by atoms with van der Waals surface area (Å²) in [7, 11) is 0. The molecule has 3 rings (SSSR count). The molecular formula is C20H30N2O4. The molecule has 6 nitrogen and oxygen atoms in total. The smallest absolute Gasteiger partial charge is 0.322 e. The van der Waals surface area contributed by atoms with Crippen molar-refractivity contribution in [2.45, 2.75) is 58.0 Å². The normalized spacial score (nSPS) is 26.5. The predicted molar refractivity (Wildman–Crippen MR) is 100 cm³/mol. The van der Waals surface area contributed by atoms with Crippen molar-refractivity contribution in [1.29, 1.82) is 0 Å². The summed E-state index contributed by atoms with van der Waals surface area (Å²) < 4.78 is 17.2. The monoisotopic (exact) mass is 362 g/mol. The van der Waals surface area contributed by atoms with E-state index in [2.05, 4.69) is 5.32 Å². The van der Waals surface area contributed by atoms with Crippen molar-refractivity contribution in [3.05, 3.63) is 29.8 Å². The number of nitrogens with one attached hydrogen (secondary N) is 1. The van der Waals surface area contributed by atoms with Crippen molar-refractivity contribution in [3.63, 3.8) is 0 Å². The highest BCUT2D eigenvalue weighted by molar-refractivity contribution is 5.89. The topological polar surface area (TPSA) is 60.0 Å². The van der Waals surface area contributed by atoms with Crippen LogP contribution in [0.1, 0.15) is 38.7 Å². The Morgan fingerprint density at radius 1 is 1.27 bits per heavy atom. The zero-order chi connectivity index (χ0) is 18.4. The summed E-state index contributed by atoms with van der Waals surface area (Å²) in [5, 5.41) is 2.98. The summed E-state index contributed by atoms with van der Waals surface area (Å²) in [5.41, 5.74) is 1.83. The van der Waals surface area contributed by atoms with Crippen LogP contribution in [0.25, 0.3) is 0 Å². The number of carbonyl (C=O) groups excluding carboxylic acids is 1. The first kappa shape index (κ1) is 19.1. The number of hydrogen-bond donors (Lipinski definition) is 1. The van der Waals surface area contributed by atoms with Gasteiger partial charge >= 0.3 is 6.03 Å². The van der Waals surface area contributed by atoms with Gasteiger partial charge in [0.2, 0.25) is 0 Å². The van der Waals surface area contributed by atoms with E-state index in [1.54, 1.807) is 0 Å². The number of ether oxygens (including phenoxy) is 3. The molecule has 6 heteroatoms. The molecule has 3 unspecified atom stereocenters. The molecule has 0 aromatic heterocycles. The maximum absolute atomic E-state index is 12.5. The lowest BCUT2D eigenvalue weighted by atomic mass is 10.1. The number of morpholine rings is 1. The molecule has 2 aliphatic heterocycles. The van der Waals surface area contributed by atoms with E-state index >= 15 is 0 Å². The third-order valence-electron chi connectivity index (χ3n) is 4.73. The first-order valence-electron chi connectivity index (χ1n) is 9.60. The molecule has 2 amide bonds. The lowest BCUT2D eigenvalue weighted by Crippen LogP contribution is -2.49. The zero-order valence-electron chi connectivity index (χ0n) is 15.8. The summed E-state index contributed by atoms with van der Waals surface area (Å²) in [5.74, 6) is 0. The average Bonchev–Trinajstić information content (AvgIpc) is 2.62. The molecule has 1 aromatic carbocycles. The fourth-order valence-corrected chi connectivity index (χ4v) is 3.53. The minimum atomic E-state index is -0.0827. The summed E-state index contributed by atoms with van der Waals surface area (Å²) in [6, 6.07) is 7.73. The van der Waals surface area contributed by atoms with E-state index in [1.807, 2.05) is 43.0 Å². The average molecular weight is 362 g/mol. The summed E-state index contributed by atoms with van der Waals surface area (Å²) >= 11 is 0. The fraction of sp³-hybridized carbons (Fsp3) is 0.650. The van der Waals surface area contributed by atoms with Gasteiger partial charge in [0.1, 0.15) is 0 Å². The first-order chi connectivity index (χ1) is 12.6. The second-order valence-electron chi connectivity index (χ2n) is 7.30. The minimum Gasteiger partial charge on any atom is -0.376 e. The maximum atomic E-state index is 12.5. The molecular weight excluding hydrogens is 332 g/mol. The van der Waals surface area contributed by atoms with Crippen molar-refractivity contribution in [2.24, 2.45) is 0 Å². The second-order valence-corrected chi connectivity index (χ2v) is 7.30. The molecule has 2 heterocycles. The molecule has 26 heavy (non-hydrogen) atoms. The van der Waals surface area contributed by atoms with E-state index < -0.39 is 0 Å². The van der Waals surface area contributed by atoms with E-state index in [4.69, 9.17) is 14.2 Å². The molecule has 0 spiro atoms. The van der Waals surface area contributed by atoms with Crippen LogP contribution in [0.3, 0.4) is 0 Å². The van der Waals surface area contributed by atoms with Gasteiger partial charge < -0.3 is 24.4 Å². The lowest BCUT2D eigenvalue weighted by Gasteiger charge is -2.35. The van der Waals surface area contributed by atoms with Crippen molar-refractivity contribution in [3.8, 4) is 0 Å². The van der Waals surface area contributed by atoms with Crippen LogP contribution in [0.5, 0.6) is 0 Å². The van der Waals surface area contributed by atoms with Crippen LogP contribution in [-0.2, 0) is 20.8 Å². The van der Waals surface area contributed by atoms with Crippen LogP contribution in [0.4, 0.5) is 10.5 Å². The molecule has 0 aliphatic carbocycles. The van der Waals surface area contributed by atoms with Gasteiger partial charge in [-0.25, -0.2) is 4.79 Å². The number of anilines is 1. The molecule has 2 saturated heterocycles. The number of amides is 2. The standard InChI is InChI=1S/C20H30N2O4/c1-15-11-22(12-16(2)26-15)20(23)21-18-7-5-6-17(10-18)13-24-14-19-8-3-4-9-25-19/h5-7,10,15-16,19H,3-4,8-9,11-14H2,1-2H3,(H,21,23). The number of benzene rings is 1. The zero-order valence-corrected chi connectivity index (χ0v) is 15.8. The molecule has 0 radical (unpaired) electrons. The minimum absolute atomic E-state index is 0.0613. The van der Waals surface area contributed by atoms with Crippen molar-refractivity contribution < 1.29 is 19.0 Å². The highest BCUT2D eigenvalue weighted by Gasteiger charge is 2.25. The third-order valence-corrected chi connectivity index (χ3v) is 4.73. The first-order valence-corrected chi connectivity index (χ1v) is 9.60. The largest absolute Gasteiger partial charge is 0.376 e. The SMILES string of the molecule is CC1CN(C(=O)Nc2cccc(COCC3CCCCO3)c2)CC(C)O1. The number of urea groups is 1. The Labute approximate surface area is 155 Å². The Morgan fingerprint density at radius 2 is 2.08 bits per heavy atom. The molecule has 0 bridgehead atoms. The van der Waals surface area contributed by atoms with Gasteiger partial charge in [-0.15, -0.1) is 0 Å². The highest BCUT2D eigenvalue weighted by Crippen LogP contribution is 2.17. The molecule has 3 atom stereocenters. The Balaban J connectivity index is 1.48. The number of rotatable bonds is 5. The van der Waals surface area contributed by atoms with Crippen molar-refractivity contribution in [1.82, 2.24) is 4.90 Å². The van der Waals surface area contributed by atoms with Crippen molar-refractivity contribution in [2.75, 3.05) is 31.6 Å². The number of hydrogen-bond acceptors (Lipinski definition) is 4. The van der Waals surface area contributed by atoms with E-state index in [0.717, 1.165) is 30.7 Å². The quantitative estimate of drug-likeness (QED) is 0.872. The maximum Gasteiger partial charge on any atom is 0.322 e. The van der Waals surface area contributed by atoms with Crippen LogP contribution >= 0.6 is 0 Å². The van der Waals surface area contributed by atoms with Gasteiger partial charge in [-0.05, 0) is 50.8 Å². The highest BCUT2D eigenvalue weighted by atomic mass is 16.5. The van der Waals surface area contributed by atoms with Crippen LogP contribution in [0.15, 0.2) is 24.3 Å². The van der Waals surface area contributed by atoms with E-state index in [1.165, 1.54) is 6.42 Å². The van der Waals surface area contributed by atoms with Gasteiger partial charge in [0.15, 0.2) is 0 Å². The number of nitrogens with zero attached hydrogens (tertiary/aromatic N) is 1. The Bertz CT molecular complexity index is 579. The van der Waals surface area contributed by atoms with E-state index in [-0.39, 0.29) is 24.3 Å². The molecule has 1 N–H and O–H groups in total. The van der Waals surface area contributed by atoms with E-state index in [9.17, 15) is 4.79 Å². The van der Waals surface area contributed by atoms with Gasteiger partial charge in [-0.1, -0.05) is 12.1 Å². The van der Waals surface area contributed by atoms with Gasteiger partial charge in [-0.3, -0.25) is 0 Å². The van der Waals surface area contributed by atoms with Gasteiger partial charge in [0.25, 0.3) is 0 Å². The van der Waals surface area contributed by atoms with Crippen LogP contribution < -0.4 is 5.32 Å². The number of carbonyl (C=O) groups is 1. The molecule has 0 saturated carbocycles. The molecule has 2 fully saturated rings. The Kier molecular flexibility index (Phi) is 6.88. The third kappa shape index (κ3) is 5.69. The molecule has 2 aliphatic rings. The van der Waals surface area contributed by atoms with Gasteiger partial charge in [-0.2, -0.15) is 0 Å². The fourth-order valence-electron chi connectivity index (χ4n) is 3.53. The lowest BCUT2D eigenvalue weighted by molar-refractivity contribution is -0.0530. The van der Waals surface area contributed by atoms with E-state index in [0.29, 0.717) is 26.3 Å². The summed E-state index contributed by atoms with van der Waals surface area (Å²) in [6.07, 6.45) is 3.79. The van der Waals surface area contributed by atoms with Crippen molar-refractivity contribution >= 4 is 11.7 Å². The van der Waals surface area contributed by atoms with Crippen LogP contribution in [-0.4, -0.2) is 55.5 Å². The Hall–Kier alpha value is -1.63.